The standard InChI is InChI=1S/C22H25NO3/c1-15(2)14-16-8-10-18(11-9-16)22(25)26-20(17-6-4-3-5-7-17)21(24)23-19-12-13-19/h3-11,15,19-20H,12-14H2,1-2H3,(H,23,24)/t20-/m0/s1. The van der Waals surface area contributed by atoms with Gasteiger partial charge in [-0.05, 0) is 42.9 Å². The molecule has 1 N–H and O–H groups in total. The van der Waals surface area contributed by atoms with Crippen LogP contribution in [0.15, 0.2) is 54.6 Å². The van der Waals surface area contributed by atoms with Crippen molar-refractivity contribution >= 4 is 11.9 Å². The predicted molar refractivity (Wildman–Crippen MR) is 101 cm³/mol. The summed E-state index contributed by atoms with van der Waals surface area (Å²) in [6.45, 7) is 4.32. The number of nitrogens with one attached hydrogen (secondary N) is 1. The van der Waals surface area contributed by atoms with E-state index in [1.807, 2.05) is 30.3 Å². The number of rotatable bonds is 7. The normalized spacial score (nSPS) is 14.7. The smallest absolute Gasteiger partial charge is 0.339 e. The lowest BCUT2D eigenvalue weighted by molar-refractivity contribution is -0.130. The number of carbonyl (C=O) groups is 2. The van der Waals surface area contributed by atoms with E-state index < -0.39 is 12.1 Å². The van der Waals surface area contributed by atoms with Crippen molar-refractivity contribution < 1.29 is 14.3 Å². The van der Waals surface area contributed by atoms with E-state index in [0.29, 0.717) is 17.0 Å². The van der Waals surface area contributed by atoms with Crippen molar-refractivity contribution in [3.8, 4) is 0 Å². The minimum absolute atomic E-state index is 0.211. The molecular weight excluding hydrogens is 326 g/mol. The highest BCUT2D eigenvalue weighted by Gasteiger charge is 2.31. The molecule has 0 heterocycles. The average Bonchev–Trinajstić information content (AvgIpc) is 3.44. The molecule has 1 amide bonds. The number of benzene rings is 2. The second-order valence-corrected chi connectivity index (χ2v) is 7.27. The van der Waals surface area contributed by atoms with Crippen molar-refractivity contribution in [3.63, 3.8) is 0 Å². The molecule has 0 saturated heterocycles. The van der Waals surface area contributed by atoms with Crippen molar-refractivity contribution in [3.05, 3.63) is 71.3 Å². The molecule has 4 heteroatoms. The fraction of sp³-hybridized carbons (Fsp3) is 0.364. The van der Waals surface area contributed by atoms with Crippen molar-refractivity contribution in [2.75, 3.05) is 0 Å². The van der Waals surface area contributed by atoms with Gasteiger partial charge in [0.15, 0.2) is 0 Å². The lowest BCUT2D eigenvalue weighted by Crippen LogP contribution is -2.33. The van der Waals surface area contributed by atoms with Crippen LogP contribution >= 0.6 is 0 Å². The van der Waals surface area contributed by atoms with E-state index in [0.717, 1.165) is 19.3 Å². The molecular formula is C22H25NO3. The summed E-state index contributed by atoms with van der Waals surface area (Å²) in [5, 5.41) is 2.92. The van der Waals surface area contributed by atoms with Crippen LogP contribution in [0.2, 0.25) is 0 Å². The Kier molecular flexibility index (Phi) is 5.71. The van der Waals surface area contributed by atoms with Gasteiger partial charge in [-0.15, -0.1) is 0 Å². The molecule has 26 heavy (non-hydrogen) atoms. The van der Waals surface area contributed by atoms with Gasteiger partial charge in [-0.3, -0.25) is 4.79 Å². The Labute approximate surface area is 154 Å². The predicted octanol–water partition coefficient (Wildman–Crippen LogP) is 4.06. The first-order valence-electron chi connectivity index (χ1n) is 9.18. The zero-order valence-electron chi connectivity index (χ0n) is 15.3. The topological polar surface area (TPSA) is 55.4 Å². The SMILES string of the molecule is CC(C)Cc1ccc(C(=O)O[C@H](C(=O)NC2CC2)c2ccccc2)cc1. The van der Waals surface area contributed by atoms with Crippen LogP contribution in [0.4, 0.5) is 0 Å². The van der Waals surface area contributed by atoms with E-state index in [1.54, 1.807) is 24.3 Å². The van der Waals surface area contributed by atoms with Gasteiger partial charge in [0, 0.05) is 11.6 Å². The van der Waals surface area contributed by atoms with E-state index in [-0.39, 0.29) is 11.9 Å². The van der Waals surface area contributed by atoms with Gasteiger partial charge in [0.25, 0.3) is 5.91 Å². The molecule has 0 bridgehead atoms. The average molecular weight is 351 g/mol. The molecule has 0 aromatic heterocycles. The summed E-state index contributed by atoms with van der Waals surface area (Å²) in [5.74, 6) is -0.189. The maximum atomic E-state index is 12.6. The third kappa shape index (κ3) is 4.94. The van der Waals surface area contributed by atoms with Crippen molar-refractivity contribution in [1.82, 2.24) is 5.32 Å². The molecule has 2 aromatic carbocycles. The van der Waals surface area contributed by atoms with Crippen LogP contribution in [0.25, 0.3) is 0 Å². The van der Waals surface area contributed by atoms with Gasteiger partial charge >= 0.3 is 5.97 Å². The molecule has 4 nitrogen and oxygen atoms in total. The molecule has 1 aliphatic rings. The van der Waals surface area contributed by atoms with Crippen LogP contribution in [0, 0.1) is 5.92 Å². The second-order valence-electron chi connectivity index (χ2n) is 7.27. The Bertz CT molecular complexity index is 749. The first-order chi connectivity index (χ1) is 12.5. The Balaban J connectivity index is 1.73. The van der Waals surface area contributed by atoms with Gasteiger partial charge in [-0.2, -0.15) is 0 Å². The van der Waals surface area contributed by atoms with Crippen LogP contribution in [0.1, 0.15) is 54.3 Å². The molecule has 1 atom stereocenters. The molecule has 0 radical (unpaired) electrons. The van der Waals surface area contributed by atoms with Crippen molar-refractivity contribution in [1.29, 1.82) is 0 Å². The summed E-state index contributed by atoms with van der Waals surface area (Å²) < 4.78 is 5.58. The van der Waals surface area contributed by atoms with Crippen molar-refractivity contribution in [2.45, 2.75) is 45.3 Å². The zero-order valence-corrected chi connectivity index (χ0v) is 15.3. The highest BCUT2D eigenvalue weighted by atomic mass is 16.5. The monoisotopic (exact) mass is 351 g/mol. The minimum Gasteiger partial charge on any atom is -0.444 e. The van der Waals surface area contributed by atoms with Crippen LogP contribution in [-0.4, -0.2) is 17.9 Å². The summed E-state index contributed by atoms with van der Waals surface area (Å²) in [4.78, 5) is 25.1. The highest BCUT2D eigenvalue weighted by molar-refractivity contribution is 5.92. The Morgan fingerprint density at radius 2 is 1.69 bits per heavy atom. The summed E-state index contributed by atoms with van der Waals surface area (Å²) in [6, 6.07) is 16.8. The highest BCUT2D eigenvalue weighted by Crippen LogP contribution is 2.24. The van der Waals surface area contributed by atoms with Gasteiger partial charge in [0.2, 0.25) is 6.10 Å². The first kappa shape index (κ1) is 18.2. The van der Waals surface area contributed by atoms with E-state index in [4.69, 9.17) is 4.74 Å². The number of esters is 1. The molecule has 2 aromatic rings. The zero-order chi connectivity index (χ0) is 18.5. The number of hydrogen-bond acceptors (Lipinski definition) is 3. The van der Waals surface area contributed by atoms with Crippen LogP contribution in [0.3, 0.4) is 0 Å². The number of hydrogen-bond donors (Lipinski definition) is 1. The largest absolute Gasteiger partial charge is 0.444 e. The van der Waals surface area contributed by atoms with E-state index >= 15 is 0 Å². The van der Waals surface area contributed by atoms with Crippen LogP contribution in [0.5, 0.6) is 0 Å². The van der Waals surface area contributed by atoms with E-state index in [2.05, 4.69) is 19.2 Å². The van der Waals surface area contributed by atoms with Crippen LogP contribution < -0.4 is 5.32 Å². The Hall–Kier alpha value is -2.62. The molecule has 1 aliphatic carbocycles. The quantitative estimate of drug-likeness (QED) is 0.765. The van der Waals surface area contributed by atoms with Crippen LogP contribution in [-0.2, 0) is 16.0 Å². The molecule has 0 aliphatic heterocycles. The molecule has 1 saturated carbocycles. The van der Waals surface area contributed by atoms with Gasteiger partial charge in [0.1, 0.15) is 0 Å². The summed E-state index contributed by atoms with van der Waals surface area (Å²) >= 11 is 0. The number of ether oxygens (including phenoxy) is 1. The fourth-order valence-corrected chi connectivity index (χ4v) is 2.83. The third-order valence-electron chi connectivity index (χ3n) is 4.32. The molecule has 1 fully saturated rings. The lowest BCUT2D eigenvalue weighted by Gasteiger charge is -2.18. The second kappa shape index (κ2) is 8.17. The number of carbonyl (C=O) groups excluding carboxylic acids is 2. The molecule has 0 unspecified atom stereocenters. The van der Waals surface area contributed by atoms with Crippen molar-refractivity contribution in [2.24, 2.45) is 5.92 Å². The Morgan fingerprint density at radius 1 is 1.04 bits per heavy atom. The third-order valence-corrected chi connectivity index (χ3v) is 4.32. The maximum absolute atomic E-state index is 12.6. The van der Waals surface area contributed by atoms with Gasteiger partial charge in [-0.1, -0.05) is 56.3 Å². The Morgan fingerprint density at radius 3 is 2.27 bits per heavy atom. The van der Waals surface area contributed by atoms with E-state index in [1.165, 1.54) is 5.56 Å². The lowest BCUT2D eigenvalue weighted by atomic mass is 10.0. The first-order valence-corrected chi connectivity index (χ1v) is 9.18. The summed E-state index contributed by atoms with van der Waals surface area (Å²) in [7, 11) is 0. The summed E-state index contributed by atoms with van der Waals surface area (Å²) in [6.07, 6.45) is 2.00. The molecule has 0 spiro atoms. The summed E-state index contributed by atoms with van der Waals surface area (Å²) in [5.41, 5.74) is 2.32. The minimum atomic E-state index is -0.931. The van der Waals surface area contributed by atoms with Gasteiger partial charge < -0.3 is 10.1 Å². The molecule has 3 rings (SSSR count). The fourth-order valence-electron chi connectivity index (χ4n) is 2.83. The van der Waals surface area contributed by atoms with Gasteiger partial charge in [-0.25, -0.2) is 4.79 Å². The molecule has 136 valence electrons. The maximum Gasteiger partial charge on any atom is 0.339 e. The van der Waals surface area contributed by atoms with Gasteiger partial charge in [0.05, 0.1) is 5.56 Å². The number of amides is 1. The van der Waals surface area contributed by atoms with E-state index in [9.17, 15) is 9.59 Å².